The van der Waals surface area contributed by atoms with Crippen LogP contribution in [0.25, 0.3) is 0 Å². The molecule has 7 nitrogen and oxygen atoms in total. The Morgan fingerprint density at radius 2 is 2.08 bits per heavy atom. The molecule has 1 aliphatic rings. The summed E-state index contributed by atoms with van der Waals surface area (Å²) in [5.41, 5.74) is 1.33. The summed E-state index contributed by atoms with van der Waals surface area (Å²) in [6, 6.07) is 8.08. The topological polar surface area (TPSA) is 92.4 Å². The van der Waals surface area contributed by atoms with Gasteiger partial charge in [-0.05, 0) is 30.3 Å². The Balaban J connectivity index is 1.41. The lowest BCUT2D eigenvalue weighted by Crippen LogP contribution is -2.42. The van der Waals surface area contributed by atoms with Crippen LogP contribution in [0.5, 0.6) is 5.75 Å². The molecule has 0 aliphatic carbocycles. The highest BCUT2D eigenvalue weighted by molar-refractivity contribution is 6.30. The average Bonchev–Trinajstić information content (AvgIpc) is 3.01. The smallest absolute Gasteiger partial charge is 0.315 e. The molecule has 0 fully saturated rings. The van der Waals surface area contributed by atoms with E-state index in [1.54, 1.807) is 36.5 Å². The van der Waals surface area contributed by atoms with Crippen molar-refractivity contribution in [1.82, 2.24) is 20.9 Å². The van der Waals surface area contributed by atoms with E-state index >= 15 is 0 Å². The van der Waals surface area contributed by atoms with Crippen LogP contribution in [-0.2, 0) is 0 Å². The summed E-state index contributed by atoms with van der Waals surface area (Å²) in [4.78, 5) is 27.7. The van der Waals surface area contributed by atoms with E-state index in [4.69, 9.17) is 16.3 Å². The van der Waals surface area contributed by atoms with Crippen molar-refractivity contribution in [3.05, 3.63) is 58.9 Å². The minimum Gasteiger partial charge on any atom is -0.491 e. The second-order valence-electron chi connectivity index (χ2n) is 5.44. The first-order chi connectivity index (χ1) is 12.1. The van der Waals surface area contributed by atoms with Crippen LogP contribution in [0.3, 0.4) is 0 Å². The zero-order valence-corrected chi connectivity index (χ0v) is 14.0. The number of nitrogens with zero attached hydrogens (tertiary/aromatic N) is 1. The fourth-order valence-corrected chi connectivity index (χ4v) is 2.65. The van der Waals surface area contributed by atoms with Gasteiger partial charge in [0.2, 0.25) is 0 Å². The zero-order chi connectivity index (χ0) is 17.6. The van der Waals surface area contributed by atoms with E-state index < -0.39 is 0 Å². The number of ether oxygens (including phenoxy) is 1. The second kappa shape index (κ2) is 7.85. The molecule has 1 aliphatic heterocycles. The zero-order valence-electron chi connectivity index (χ0n) is 13.3. The van der Waals surface area contributed by atoms with Gasteiger partial charge < -0.3 is 20.7 Å². The largest absolute Gasteiger partial charge is 0.491 e. The monoisotopic (exact) mass is 360 g/mol. The molecule has 1 unspecified atom stereocenters. The standard InChI is InChI=1S/C17H17ClN4O3/c18-12-3-4-15-13(8-12)14(10-25-15)22-17(24)21-7-6-20-16(23)11-2-1-5-19-9-11/h1-5,8-9,14H,6-7,10H2,(H,20,23)(H2,21,22,24). The molecular formula is C17H17ClN4O3. The van der Waals surface area contributed by atoms with Crippen LogP contribution < -0.4 is 20.7 Å². The predicted molar refractivity (Wildman–Crippen MR) is 92.8 cm³/mol. The maximum Gasteiger partial charge on any atom is 0.315 e. The molecule has 0 radical (unpaired) electrons. The number of carbonyl (C=O) groups is 2. The van der Waals surface area contributed by atoms with Gasteiger partial charge in [0, 0.05) is 36.1 Å². The van der Waals surface area contributed by atoms with Gasteiger partial charge in [-0.1, -0.05) is 11.6 Å². The Labute approximate surface area is 149 Å². The number of rotatable bonds is 5. The molecule has 3 N–H and O–H groups in total. The number of amides is 3. The van der Waals surface area contributed by atoms with Gasteiger partial charge in [-0.15, -0.1) is 0 Å². The Morgan fingerprint density at radius 3 is 2.88 bits per heavy atom. The van der Waals surface area contributed by atoms with Crippen LogP contribution in [-0.4, -0.2) is 36.6 Å². The van der Waals surface area contributed by atoms with Crippen molar-refractivity contribution >= 4 is 23.5 Å². The Kier molecular flexibility index (Phi) is 5.35. The first kappa shape index (κ1) is 17.0. The molecule has 1 atom stereocenters. The summed E-state index contributed by atoms with van der Waals surface area (Å²) in [5.74, 6) is 0.488. The maximum atomic E-state index is 12.0. The molecule has 0 spiro atoms. The minimum atomic E-state index is -0.336. The number of carbonyl (C=O) groups excluding carboxylic acids is 2. The van der Waals surface area contributed by atoms with E-state index in [-0.39, 0.29) is 18.0 Å². The third kappa shape index (κ3) is 4.39. The van der Waals surface area contributed by atoms with Crippen LogP contribution in [0.15, 0.2) is 42.7 Å². The summed E-state index contributed by atoms with van der Waals surface area (Å²) in [6.45, 7) is 0.972. The highest BCUT2D eigenvalue weighted by Gasteiger charge is 2.25. The number of urea groups is 1. The van der Waals surface area contributed by atoms with Crippen LogP contribution in [0.4, 0.5) is 4.79 Å². The number of fused-ring (bicyclic) bond motifs is 1. The van der Waals surface area contributed by atoms with Gasteiger partial charge in [0.25, 0.3) is 5.91 Å². The fourth-order valence-electron chi connectivity index (χ4n) is 2.47. The molecule has 2 aromatic rings. The van der Waals surface area contributed by atoms with Gasteiger partial charge in [-0.3, -0.25) is 9.78 Å². The number of hydrogen-bond donors (Lipinski definition) is 3. The van der Waals surface area contributed by atoms with Crippen molar-refractivity contribution in [2.75, 3.05) is 19.7 Å². The predicted octanol–water partition coefficient (Wildman–Crippen LogP) is 1.90. The molecule has 3 amide bonds. The molecule has 3 rings (SSSR count). The van der Waals surface area contributed by atoms with E-state index in [2.05, 4.69) is 20.9 Å². The van der Waals surface area contributed by atoms with Crippen molar-refractivity contribution in [3.63, 3.8) is 0 Å². The molecule has 2 heterocycles. The third-order valence-electron chi connectivity index (χ3n) is 3.68. The van der Waals surface area contributed by atoms with Gasteiger partial charge in [-0.2, -0.15) is 0 Å². The van der Waals surface area contributed by atoms with Gasteiger partial charge in [0.15, 0.2) is 0 Å². The Morgan fingerprint density at radius 1 is 1.24 bits per heavy atom. The lowest BCUT2D eigenvalue weighted by Gasteiger charge is -2.13. The van der Waals surface area contributed by atoms with Crippen LogP contribution >= 0.6 is 11.6 Å². The number of pyridine rings is 1. The molecule has 0 bridgehead atoms. The summed E-state index contributed by atoms with van der Waals surface area (Å²) in [7, 11) is 0. The van der Waals surface area contributed by atoms with E-state index in [0.717, 1.165) is 11.3 Å². The van der Waals surface area contributed by atoms with Crippen molar-refractivity contribution in [3.8, 4) is 5.75 Å². The molecular weight excluding hydrogens is 344 g/mol. The van der Waals surface area contributed by atoms with Gasteiger partial charge in [0.05, 0.1) is 11.6 Å². The molecule has 8 heteroatoms. The van der Waals surface area contributed by atoms with Crippen molar-refractivity contribution in [1.29, 1.82) is 0 Å². The summed E-state index contributed by atoms with van der Waals surface area (Å²) in [5, 5.41) is 8.82. The van der Waals surface area contributed by atoms with Crippen molar-refractivity contribution in [2.24, 2.45) is 0 Å². The van der Waals surface area contributed by atoms with Crippen LogP contribution in [0, 0.1) is 0 Å². The number of aromatic nitrogens is 1. The molecule has 1 aromatic carbocycles. The van der Waals surface area contributed by atoms with E-state index in [9.17, 15) is 9.59 Å². The van der Waals surface area contributed by atoms with E-state index in [1.165, 1.54) is 6.20 Å². The summed E-state index contributed by atoms with van der Waals surface area (Å²) < 4.78 is 5.51. The van der Waals surface area contributed by atoms with Gasteiger partial charge >= 0.3 is 6.03 Å². The SMILES string of the molecule is O=C(NCCNC(=O)c1cccnc1)NC1COc2ccc(Cl)cc21. The summed E-state index contributed by atoms with van der Waals surface area (Å²) in [6.07, 6.45) is 3.08. The number of nitrogens with one attached hydrogen (secondary N) is 3. The molecule has 130 valence electrons. The van der Waals surface area contributed by atoms with Gasteiger partial charge in [0.1, 0.15) is 12.4 Å². The summed E-state index contributed by atoms with van der Waals surface area (Å²) >= 11 is 5.98. The third-order valence-corrected chi connectivity index (χ3v) is 3.91. The number of benzene rings is 1. The Bertz CT molecular complexity index is 770. The molecule has 25 heavy (non-hydrogen) atoms. The van der Waals surface area contributed by atoms with E-state index in [1.807, 2.05) is 0 Å². The highest BCUT2D eigenvalue weighted by atomic mass is 35.5. The molecule has 0 saturated heterocycles. The minimum absolute atomic E-state index is 0.233. The van der Waals surface area contributed by atoms with Crippen molar-refractivity contribution < 1.29 is 14.3 Å². The van der Waals surface area contributed by atoms with E-state index in [0.29, 0.717) is 30.3 Å². The lowest BCUT2D eigenvalue weighted by atomic mass is 10.1. The lowest BCUT2D eigenvalue weighted by molar-refractivity contribution is 0.0953. The highest BCUT2D eigenvalue weighted by Crippen LogP contribution is 2.34. The van der Waals surface area contributed by atoms with Gasteiger partial charge in [-0.25, -0.2) is 4.79 Å². The number of halogens is 1. The molecule has 1 aromatic heterocycles. The van der Waals surface area contributed by atoms with Crippen LogP contribution in [0.2, 0.25) is 5.02 Å². The second-order valence-corrected chi connectivity index (χ2v) is 5.88. The average molecular weight is 361 g/mol. The fraction of sp³-hybridized carbons (Fsp3) is 0.235. The first-order valence-corrected chi connectivity index (χ1v) is 8.16. The van der Waals surface area contributed by atoms with Crippen molar-refractivity contribution in [2.45, 2.75) is 6.04 Å². The first-order valence-electron chi connectivity index (χ1n) is 7.78. The van der Waals surface area contributed by atoms with Crippen LogP contribution in [0.1, 0.15) is 22.0 Å². The number of hydrogen-bond acceptors (Lipinski definition) is 4. The quantitative estimate of drug-likeness (QED) is 0.710. The normalized spacial score (nSPS) is 15.0. The maximum absolute atomic E-state index is 12.0. The Hall–Kier alpha value is -2.80. The molecule has 0 saturated carbocycles.